The molecule has 0 saturated carbocycles. The minimum atomic E-state index is -0.178. The molecule has 1 radical (unpaired) electrons. The van der Waals surface area contributed by atoms with Crippen LogP contribution in [0.4, 0.5) is 0 Å². The molecule has 0 fully saturated rings. The van der Waals surface area contributed by atoms with Crippen LogP contribution in [0.25, 0.3) is 0 Å². The van der Waals surface area contributed by atoms with Crippen molar-refractivity contribution in [3.63, 3.8) is 0 Å². The Bertz CT molecular complexity index is 301. The van der Waals surface area contributed by atoms with Gasteiger partial charge in [0.25, 0.3) is 0 Å². The number of hydrogen-bond donors (Lipinski definition) is 0. The number of benzene rings is 1. The van der Waals surface area contributed by atoms with E-state index in [4.69, 9.17) is 10.00 Å². The molecule has 55 valence electrons. The minimum Gasteiger partial charge on any atom is -0.495 e. The largest absolute Gasteiger partial charge is 0.495 e. The number of nitrogens with zero attached hydrogens (tertiary/aromatic N) is 1. The molecule has 0 aliphatic carbocycles. The van der Waals surface area contributed by atoms with Crippen molar-refractivity contribution in [2.45, 2.75) is 0 Å². The summed E-state index contributed by atoms with van der Waals surface area (Å²) in [6, 6.07) is 5.96. The van der Waals surface area contributed by atoms with Gasteiger partial charge in [0.2, 0.25) is 0 Å². The Morgan fingerprint density at radius 3 is 2.82 bits per heavy atom. The van der Waals surface area contributed by atoms with Crippen molar-refractivity contribution < 1.29 is 9.84 Å². The Balaban J connectivity index is 3.19. The SMILES string of the molecule is COc1ccc([O])cc1C#N. The zero-order valence-electron chi connectivity index (χ0n) is 6.00. The predicted octanol–water partition coefficient (Wildman–Crippen LogP) is 1.71. The molecule has 0 atom stereocenters. The molecular weight excluding hydrogens is 142 g/mol. The van der Waals surface area contributed by atoms with Crippen molar-refractivity contribution >= 4 is 0 Å². The van der Waals surface area contributed by atoms with Crippen LogP contribution in [0.1, 0.15) is 5.56 Å². The number of methoxy groups -OCH3 is 1. The van der Waals surface area contributed by atoms with Gasteiger partial charge in [-0.05, 0) is 12.1 Å². The lowest BCUT2D eigenvalue weighted by Gasteiger charge is -1.99. The highest BCUT2D eigenvalue weighted by Gasteiger charge is 2.02. The van der Waals surface area contributed by atoms with Crippen LogP contribution in [0, 0.1) is 11.3 Å². The highest BCUT2D eigenvalue weighted by molar-refractivity contribution is 5.46. The normalized spacial score (nSPS) is 8.73. The van der Waals surface area contributed by atoms with Gasteiger partial charge in [-0.2, -0.15) is 5.26 Å². The van der Waals surface area contributed by atoms with Crippen molar-refractivity contribution in [3.05, 3.63) is 23.8 Å². The molecular formula is C8H6NO2. The molecule has 3 nitrogen and oxygen atoms in total. The summed E-state index contributed by atoms with van der Waals surface area (Å²) >= 11 is 0. The molecule has 0 amide bonds. The molecule has 0 aromatic heterocycles. The first-order chi connectivity index (χ1) is 5.27. The van der Waals surface area contributed by atoms with Gasteiger partial charge in [-0.25, -0.2) is 0 Å². The van der Waals surface area contributed by atoms with E-state index in [0.717, 1.165) is 0 Å². The fourth-order valence-electron chi connectivity index (χ4n) is 0.774. The maximum Gasteiger partial charge on any atom is 0.180 e. The molecule has 0 bridgehead atoms. The van der Waals surface area contributed by atoms with Crippen LogP contribution in [0.3, 0.4) is 0 Å². The van der Waals surface area contributed by atoms with Crippen LogP contribution in [0.15, 0.2) is 18.2 Å². The van der Waals surface area contributed by atoms with E-state index in [1.54, 1.807) is 0 Å². The fraction of sp³-hybridized carbons (Fsp3) is 0.125. The molecule has 11 heavy (non-hydrogen) atoms. The second kappa shape index (κ2) is 2.93. The van der Waals surface area contributed by atoms with Gasteiger partial charge in [0.05, 0.1) is 12.7 Å². The number of nitriles is 1. The summed E-state index contributed by atoms with van der Waals surface area (Å²) in [4.78, 5) is 0. The van der Waals surface area contributed by atoms with E-state index >= 15 is 0 Å². The summed E-state index contributed by atoms with van der Waals surface area (Å²) < 4.78 is 4.83. The highest BCUT2D eigenvalue weighted by atomic mass is 16.5. The lowest BCUT2D eigenvalue weighted by Crippen LogP contribution is -1.85. The van der Waals surface area contributed by atoms with E-state index in [-0.39, 0.29) is 11.3 Å². The predicted molar refractivity (Wildman–Crippen MR) is 37.8 cm³/mol. The third-order valence-corrected chi connectivity index (χ3v) is 1.29. The van der Waals surface area contributed by atoms with Gasteiger partial charge >= 0.3 is 0 Å². The zero-order chi connectivity index (χ0) is 8.27. The summed E-state index contributed by atoms with van der Waals surface area (Å²) in [7, 11) is 1.46. The van der Waals surface area contributed by atoms with Crippen LogP contribution < -0.4 is 4.74 Å². The maximum absolute atomic E-state index is 10.7. The van der Waals surface area contributed by atoms with Gasteiger partial charge in [0.15, 0.2) is 5.75 Å². The highest BCUT2D eigenvalue weighted by Crippen LogP contribution is 2.22. The smallest absolute Gasteiger partial charge is 0.180 e. The van der Waals surface area contributed by atoms with Crippen LogP contribution in [0.2, 0.25) is 0 Å². The molecule has 0 spiro atoms. The molecule has 0 heterocycles. The average Bonchev–Trinajstić information content (AvgIpc) is 2.04. The van der Waals surface area contributed by atoms with E-state index in [2.05, 4.69) is 0 Å². The van der Waals surface area contributed by atoms with E-state index in [9.17, 15) is 5.11 Å². The van der Waals surface area contributed by atoms with Gasteiger partial charge in [-0.1, -0.05) is 0 Å². The van der Waals surface area contributed by atoms with Gasteiger partial charge in [0, 0.05) is 6.07 Å². The maximum atomic E-state index is 10.7. The first-order valence-corrected chi connectivity index (χ1v) is 3.03. The Morgan fingerprint density at radius 1 is 1.55 bits per heavy atom. The topological polar surface area (TPSA) is 52.9 Å². The van der Waals surface area contributed by atoms with Gasteiger partial charge in [0.1, 0.15) is 11.8 Å². The molecule has 0 aliphatic heterocycles. The molecule has 1 aromatic carbocycles. The van der Waals surface area contributed by atoms with Crippen molar-refractivity contribution in [2.24, 2.45) is 0 Å². The van der Waals surface area contributed by atoms with Gasteiger partial charge in [-0.3, -0.25) is 5.11 Å². The lowest BCUT2D eigenvalue weighted by atomic mass is 10.2. The van der Waals surface area contributed by atoms with E-state index < -0.39 is 0 Å². The monoisotopic (exact) mass is 148 g/mol. The van der Waals surface area contributed by atoms with Crippen molar-refractivity contribution in [2.75, 3.05) is 7.11 Å². The quantitative estimate of drug-likeness (QED) is 0.608. The molecule has 0 saturated heterocycles. The standard InChI is InChI=1S/C8H6NO2/c1-11-8-3-2-7(10)4-6(8)5-9/h2-4H,1H3. The van der Waals surface area contributed by atoms with Crippen LogP contribution in [0.5, 0.6) is 11.5 Å². The van der Waals surface area contributed by atoms with Crippen LogP contribution in [-0.4, -0.2) is 7.11 Å². The zero-order valence-corrected chi connectivity index (χ0v) is 6.00. The third-order valence-electron chi connectivity index (χ3n) is 1.29. The van der Waals surface area contributed by atoms with Crippen LogP contribution >= 0.6 is 0 Å². The minimum absolute atomic E-state index is 0.178. The Hall–Kier alpha value is -1.69. The summed E-state index contributed by atoms with van der Waals surface area (Å²) in [6.45, 7) is 0. The van der Waals surface area contributed by atoms with Crippen molar-refractivity contribution in [1.29, 1.82) is 5.26 Å². The molecule has 1 rings (SSSR count). The van der Waals surface area contributed by atoms with E-state index in [1.807, 2.05) is 6.07 Å². The number of rotatable bonds is 1. The number of hydrogen-bond acceptors (Lipinski definition) is 2. The average molecular weight is 148 g/mol. The van der Waals surface area contributed by atoms with Crippen molar-refractivity contribution in [1.82, 2.24) is 0 Å². The number of ether oxygens (including phenoxy) is 1. The van der Waals surface area contributed by atoms with E-state index in [0.29, 0.717) is 5.75 Å². The first-order valence-electron chi connectivity index (χ1n) is 3.03. The van der Waals surface area contributed by atoms with Crippen LogP contribution in [-0.2, 0) is 5.11 Å². The Kier molecular flexibility index (Phi) is 1.98. The summed E-state index contributed by atoms with van der Waals surface area (Å²) in [5.74, 6) is 0.259. The van der Waals surface area contributed by atoms with Crippen molar-refractivity contribution in [3.8, 4) is 17.6 Å². The lowest BCUT2D eigenvalue weighted by molar-refractivity contribution is 0.352. The molecule has 1 aromatic rings. The first kappa shape index (κ1) is 7.42. The molecule has 3 heteroatoms. The summed E-state index contributed by atoms with van der Waals surface area (Å²) in [5, 5.41) is 19.2. The molecule has 0 aliphatic rings. The fourth-order valence-corrected chi connectivity index (χ4v) is 0.774. The second-order valence-corrected chi connectivity index (χ2v) is 1.97. The van der Waals surface area contributed by atoms with Gasteiger partial charge in [-0.15, -0.1) is 0 Å². The van der Waals surface area contributed by atoms with Gasteiger partial charge < -0.3 is 4.74 Å². The second-order valence-electron chi connectivity index (χ2n) is 1.97. The summed E-state index contributed by atoms with van der Waals surface area (Å²) in [6.07, 6.45) is 0. The molecule has 0 unspecified atom stereocenters. The Morgan fingerprint density at radius 2 is 2.27 bits per heavy atom. The molecule has 0 N–H and O–H groups in total. The van der Waals surface area contributed by atoms with E-state index in [1.165, 1.54) is 25.3 Å². The summed E-state index contributed by atoms with van der Waals surface area (Å²) in [5.41, 5.74) is 0.278. The third kappa shape index (κ3) is 1.41. The Labute approximate surface area is 64.5 Å².